The van der Waals surface area contributed by atoms with Gasteiger partial charge in [-0.1, -0.05) is 73.7 Å². The van der Waals surface area contributed by atoms with E-state index >= 15 is 0 Å². The second kappa shape index (κ2) is 14.6. The minimum Gasteiger partial charge on any atom is -0.392 e. The number of aromatic nitrogens is 2. The van der Waals surface area contributed by atoms with E-state index in [-0.39, 0.29) is 30.8 Å². The Morgan fingerprint density at radius 2 is 1.62 bits per heavy atom. The molecule has 4 atom stereocenters. The van der Waals surface area contributed by atoms with Crippen LogP contribution in [0.3, 0.4) is 0 Å². The summed E-state index contributed by atoms with van der Waals surface area (Å²) in [6, 6.07) is 26.9. The van der Waals surface area contributed by atoms with Gasteiger partial charge in [0, 0.05) is 68.8 Å². The van der Waals surface area contributed by atoms with E-state index in [2.05, 4.69) is 37.3 Å². The topological polar surface area (TPSA) is 112 Å². The van der Waals surface area contributed by atoms with Crippen LogP contribution in [0, 0.1) is 5.92 Å². The third-order valence-corrected chi connectivity index (χ3v) is 8.48. The van der Waals surface area contributed by atoms with E-state index in [9.17, 15) is 9.90 Å². The Labute approximate surface area is 264 Å². The number of aliphatic hydroxyl groups is 1. The largest absolute Gasteiger partial charge is 0.392 e. The molecule has 45 heavy (non-hydrogen) atoms. The van der Waals surface area contributed by atoms with Crippen LogP contribution >= 0.6 is 0 Å². The van der Waals surface area contributed by atoms with E-state index in [1.54, 1.807) is 12.4 Å². The normalized spacial score (nSPS) is 22.1. The van der Waals surface area contributed by atoms with Crippen LogP contribution in [0.1, 0.15) is 41.6 Å². The second-order valence-corrected chi connectivity index (χ2v) is 11.6. The summed E-state index contributed by atoms with van der Waals surface area (Å²) in [7, 11) is 0. The molecule has 10 nitrogen and oxygen atoms in total. The number of aliphatic hydroxyl groups excluding tert-OH is 1. The number of nitrogens with zero attached hydrogens (tertiary/aromatic N) is 4. The molecule has 2 aliphatic rings. The second-order valence-electron chi connectivity index (χ2n) is 11.6. The molecule has 0 bridgehead atoms. The molecular weight excluding hydrogens is 568 g/mol. The molecule has 3 heterocycles. The van der Waals surface area contributed by atoms with E-state index in [4.69, 9.17) is 9.47 Å². The molecule has 0 saturated carbocycles. The average molecular weight is 609 g/mol. The molecular formula is C35H40N6O4. The SMILES string of the molecule is CC1C(CN2CCN(c3ncccn3)CC2)OC(c2cccc(NC(=O)NCc3ccccc3)c2)OC1c1ccc(CO)cc1. The molecule has 4 unspecified atom stereocenters. The fourth-order valence-corrected chi connectivity index (χ4v) is 5.88. The number of amides is 2. The van der Waals surface area contributed by atoms with Crippen molar-refractivity contribution >= 4 is 17.7 Å². The lowest BCUT2D eigenvalue weighted by Crippen LogP contribution is -2.51. The minimum atomic E-state index is -0.623. The van der Waals surface area contributed by atoms with Crippen LogP contribution in [0.5, 0.6) is 0 Å². The maximum Gasteiger partial charge on any atom is 0.319 e. The van der Waals surface area contributed by atoms with Crippen molar-refractivity contribution in [2.24, 2.45) is 5.92 Å². The average Bonchev–Trinajstić information content (AvgIpc) is 3.09. The molecule has 1 aromatic heterocycles. The number of ether oxygens (including phenoxy) is 2. The molecule has 3 N–H and O–H groups in total. The first-order valence-corrected chi connectivity index (χ1v) is 15.5. The zero-order valence-electron chi connectivity index (χ0n) is 25.5. The Bertz CT molecular complexity index is 1520. The first kappa shape index (κ1) is 30.7. The number of rotatable bonds is 9. The number of carbonyl (C=O) groups excluding carboxylic acids is 1. The molecule has 2 saturated heterocycles. The van der Waals surface area contributed by atoms with Crippen LogP contribution in [-0.4, -0.2) is 64.8 Å². The van der Waals surface area contributed by atoms with Crippen molar-refractivity contribution in [1.82, 2.24) is 20.2 Å². The molecule has 2 aliphatic heterocycles. The van der Waals surface area contributed by atoms with Gasteiger partial charge in [0.2, 0.25) is 5.95 Å². The molecule has 234 valence electrons. The van der Waals surface area contributed by atoms with Crippen LogP contribution in [0.4, 0.5) is 16.4 Å². The molecule has 0 spiro atoms. The minimum absolute atomic E-state index is 0.00552. The number of benzene rings is 3. The highest BCUT2D eigenvalue weighted by molar-refractivity contribution is 5.89. The Kier molecular flexibility index (Phi) is 9.96. The Hall–Kier alpha value is -4.35. The first-order valence-electron chi connectivity index (χ1n) is 15.5. The van der Waals surface area contributed by atoms with Crippen molar-refractivity contribution < 1.29 is 19.4 Å². The van der Waals surface area contributed by atoms with E-state index in [1.807, 2.05) is 84.9 Å². The van der Waals surface area contributed by atoms with Gasteiger partial charge in [0.1, 0.15) is 0 Å². The fraction of sp³-hybridized carbons (Fsp3) is 0.343. The Balaban J connectivity index is 1.15. The summed E-state index contributed by atoms with van der Waals surface area (Å²) in [6.45, 7) is 6.81. The van der Waals surface area contributed by atoms with E-state index in [0.717, 1.165) is 60.9 Å². The summed E-state index contributed by atoms with van der Waals surface area (Å²) in [5.74, 6) is 0.836. The predicted molar refractivity (Wildman–Crippen MR) is 172 cm³/mol. The number of hydrogen-bond donors (Lipinski definition) is 3. The van der Waals surface area contributed by atoms with Gasteiger partial charge in [-0.05, 0) is 34.9 Å². The highest BCUT2D eigenvalue weighted by Crippen LogP contribution is 2.42. The van der Waals surface area contributed by atoms with Gasteiger partial charge in [0.15, 0.2) is 6.29 Å². The molecule has 4 aromatic rings. The zero-order chi connectivity index (χ0) is 31.0. The van der Waals surface area contributed by atoms with Gasteiger partial charge in [0.05, 0.1) is 18.8 Å². The molecule has 3 aromatic carbocycles. The van der Waals surface area contributed by atoms with Gasteiger partial charge in [-0.25, -0.2) is 14.8 Å². The predicted octanol–water partition coefficient (Wildman–Crippen LogP) is 4.90. The molecule has 0 radical (unpaired) electrons. The summed E-state index contributed by atoms with van der Waals surface area (Å²) in [4.78, 5) is 26.1. The smallest absolute Gasteiger partial charge is 0.319 e. The summed E-state index contributed by atoms with van der Waals surface area (Å²) in [5, 5.41) is 15.4. The number of nitrogens with one attached hydrogen (secondary N) is 2. The van der Waals surface area contributed by atoms with Crippen LogP contribution < -0.4 is 15.5 Å². The van der Waals surface area contributed by atoms with Crippen molar-refractivity contribution in [3.05, 3.63) is 120 Å². The third kappa shape index (κ3) is 7.84. The van der Waals surface area contributed by atoms with Crippen LogP contribution in [0.15, 0.2) is 97.3 Å². The molecule has 6 rings (SSSR count). The molecule has 0 aliphatic carbocycles. The maximum absolute atomic E-state index is 12.7. The Morgan fingerprint density at radius 3 is 2.36 bits per heavy atom. The number of anilines is 2. The number of urea groups is 1. The van der Waals surface area contributed by atoms with Crippen molar-refractivity contribution in [2.75, 3.05) is 42.9 Å². The first-order chi connectivity index (χ1) is 22.1. The van der Waals surface area contributed by atoms with Crippen LogP contribution in [0.25, 0.3) is 0 Å². The quantitative estimate of drug-likeness (QED) is 0.246. The highest BCUT2D eigenvalue weighted by Gasteiger charge is 2.39. The van der Waals surface area contributed by atoms with Gasteiger partial charge < -0.3 is 30.1 Å². The maximum atomic E-state index is 12.7. The standard InChI is InChI=1S/C35H40N6O4/c1-25-31(23-40-17-19-41(20-18-40)34-36-15-6-16-37-34)44-33(45-32(25)28-13-11-27(24-42)12-14-28)29-9-5-10-30(21-29)39-35(43)38-22-26-7-3-2-4-8-26/h2-16,21,25,31-33,42H,17-20,22-24H2,1H3,(H2,38,39,43). The lowest BCUT2D eigenvalue weighted by atomic mass is 9.90. The monoisotopic (exact) mass is 608 g/mol. The summed E-state index contributed by atoms with van der Waals surface area (Å²) >= 11 is 0. The van der Waals surface area contributed by atoms with Gasteiger partial charge in [-0.15, -0.1) is 0 Å². The van der Waals surface area contributed by atoms with Gasteiger partial charge >= 0.3 is 6.03 Å². The van der Waals surface area contributed by atoms with Gasteiger partial charge in [-0.3, -0.25) is 4.90 Å². The fourth-order valence-electron chi connectivity index (χ4n) is 5.88. The molecule has 10 heteroatoms. The van der Waals surface area contributed by atoms with Crippen molar-refractivity contribution in [3.8, 4) is 0 Å². The third-order valence-electron chi connectivity index (χ3n) is 8.48. The zero-order valence-corrected chi connectivity index (χ0v) is 25.5. The van der Waals surface area contributed by atoms with Crippen LogP contribution in [0.2, 0.25) is 0 Å². The number of piperazine rings is 1. The lowest BCUT2D eigenvalue weighted by molar-refractivity contribution is -0.276. The van der Waals surface area contributed by atoms with Crippen molar-refractivity contribution in [1.29, 1.82) is 0 Å². The van der Waals surface area contributed by atoms with Crippen LogP contribution in [-0.2, 0) is 22.6 Å². The number of carbonyl (C=O) groups is 1. The molecule has 2 fully saturated rings. The lowest BCUT2D eigenvalue weighted by Gasteiger charge is -2.44. The van der Waals surface area contributed by atoms with E-state index in [0.29, 0.717) is 12.2 Å². The van der Waals surface area contributed by atoms with Crippen molar-refractivity contribution in [2.45, 2.75) is 38.6 Å². The van der Waals surface area contributed by atoms with Gasteiger partial charge in [-0.2, -0.15) is 0 Å². The number of hydrogen-bond acceptors (Lipinski definition) is 8. The summed E-state index contributed by atoms with van der Waals surface area (Å²) in [5.41, 5.74) is 4.41. The highest BCUT2D eigenvalue weighted by atomic mass is 16.7. The molecule has 2 amide bonds. The van der Waals surface area contributed by atoms with Gasteiger partial charge in [0.25, 0.3) is 0 Å². The van der Waals surface area contributed by atoms with Crippen molar-refractivity contribution in [3.63, 3.8) is 0 Å². The van der Waals surface area contributed by atoms with E-state index < -0.39 is 6.29 Å². The van der Waals surface area contributed by atoms with E-state index in [1.165, 1.54) is 0 Å². The summed E-state index contributed by atoms with van der Waals surface area (Å²) < 4.78 is 13.3. The Morgan fingerprint density at radius 1 is 0.867 bits per heavy atom. The summed E-state index contributed by atoms with van der Waals surface area (Å²) in [6.07, 6.45) is 2.62.